The zero-order chi connectivity index (χ0) is 19.9. The molecule has 1 N–H and O–H groups in total. The first-order valence-corrected chi connectivity index (χ1v) is 9.57. The van der Waals surface area contributed by atoms with Crippen molar-refractivity contribution in [3.8, 4) is 17.5 Å². The molecule has 140 valence electrons. The monoisotopic (exact) mass is 389 g/mol. The van der Waals surface area contributed by atoms with Gasteiger partial charge in [-0.15, -0.1) is 16.8 Å². The molecule has 3 aromatic rings. The number of carbonyl (C=O) groups excluding carboxylic acids is 1. The Morgan fingerprint density at radius 3 is 2.79 bits per heavy atom. The summed E-state index contributed by atoms with van der Waals surface area (Å²) >= 11 is 1.33. The molecule has 0 radical (unpaired) electrons. The molecule has 6 nitrogen and oxygen atoms in total. The molecule has 0 aliphatic heterocycles. The minimum atomic E-state index is -0.401. The second kappa shape index (κ2) is 9.02. The van der Waals surface area contributed by atoms with E-state index >= 15 is 0 Å². The molecule has 1 atom stereocenters. The summed E-state index contributed by atoms with van der Waals surface area (Å²) in [6, 6.07) is 18.7. The van der Waals surface area contributed by atoms with E-state index in [1.165, 1.54) is 11.8 Å². The summed E-state index contributed by atoms with van der Waals surface area (Å²) in [6.45, 7) is 6.16. The summed E-state index contributed by atoms with van der Waals surface area (Å²) in [7, 11) is 0. The summed E-state index contributed by atoms with van der Waals surface area (Å²) in [5.41, 5.74) is 2.04. The van der Waals surface area contributed by atoms with E-state index in [1.54, 1.807) is 30.3 Å². The Balaban J connectivity index is 1.77. The van der Waals surface area contributed by atoms with Crippen LogP contribution < -0.4 is 5.32 Å². The van der Waals surface area contributed by atoms with E-state index in [0.717, 1.165) is 11.4 Å². The van der Waals surface area contributed by atoms with Crippen LogP contribution in [0, 0.1) is 11.3 Å². The second-order valence-corrected chi connectivity index (χ2v) is 7.32. The predicted octanol–water partition coefficient (Wildman–Crippen LogP) is 4.12. The molecule has 0 aliphatic rings. The van der Waals surface area contributed by atoms with Crippen molar-refractivity contribution in [3.63, 3.8) is 0 Å². The molecule has 0 aliphatic carbocycles. The molecule has 1 aromatic heterocycles. The van der Waals surface area contributed by atoms with Gasteiger partial charge in [0.05, 0.1) is 16.9 Å². The number of nitrogens with one attached hydrogen (secondary N) is 1. The Morgan fingerprint density at radius 1 is 1.29 bits per heavy atom. The Morgan fingerprint density at radius 2 is 2.07 bits per heavy atom. The molecule has 0 bridgehead atoms. The van der Waals surface area contributed by atoms with Gasteiger partial charge in [0.25, 0.3) is 0 Å². The van der Waals surface area contributed by atoms with Crippen LogP contribution in [0.4, 0.5) is 5.69 Å². The molecule has 0 saturated carbocycles. The maximum Gasteiger partial charge on any atom is 0.237 e. The Labute approximate surface area is 167 Å². The van der Waals surface area contributed by atoms with Crippen molar-refractivity contribution < 1.29 is 4.79 Å². The highest BCUT2D eigenvalue weighted by Gasteiger charge is 2.20. The van der Waals surface area contributed by atoms with Gasteiger partial charge in [-0.2, -0.15) is 5.26 Å². The number of allylic oxidation sites excluding steroid dienone is 1. The predicted molar refractivity (Wildman–Crippen MR) is 111 cm³/mol. The van der Waals surface area contributed by atoms with Crippen LogP contribution in [0.2, 0.25) is 0 Å². The number of thioether (sulfide) groups is 1. The van der Waals surface area contributed by atoms with E-state index in [0.29, 0.717) is 23.0 Å². The molecule has 1 heterocycles. The molecule has 1 amide bonds. The molecule has 28 heavy (non-hydrogen) atoms. The van der Waals surface area contributed by atoms with Gasteiger partial charge in [0.1, 0.15) is 0 Å². The van der Waals surface area contributed by atoms with Crippen LogP contribution >= 0.6 is 11.8 Å². The molecule has 3 rings (SSSR count). The Kier molecular flexibility index (Phi) is 6.25. The van der Waals surface area contributed by atoms with Crippen molar-refractivity contribution in [1.82, 2.24) is 14.8 Å². The van der Waals surface area contributed by atoms with E-state index < -0.39 is 5.25 Å². The van der Waals surface area contributed by atoms with Gasteiger partial charge in [-0.3, -0.25) is 9.36 Å². The fraction of sp³-hybridized carbons (Fsp3) is 0.143. The smallest absolute Gasteiger partial charge is 0.237 e. The van der Waals surface area contributed by atoms with Crippen molar-refractivity contribution in [2.75, 3.05) is 5.32 Å². The quantitative estimate of drug-likeness (QED) is 0.485. The van der Waals surface area contributed by atoms with Crippen LogP contribution in [0.1, 0.15) is 12.5 Å². The number of hydrogen-bond acceptors (Lipinski definition) is 5. The zero-order valence-corrected chi connectivity index (χ0v) is 16.2. The molecule has 0 saturated heterocycles. The summed E-state index contributed by atoms with van der Waals surface area (Å²) in [5, 5.41) is 20.6. The standard InChI is InChI=1S/C21H19N5OS/c1-3-12-26-19(17-9-5-4-6-10-17)24-25-21(26)28-15(2)20(27)23-18-11-7-8-16(13-18)14-22/h3-11,13,15H,1,12H2,2H3,(H,23,27). The average molecular weight is 389 g/mol. The number of hydrogen-bond donors (Lipinski definition) is 1. The maximum absolute atomic E-state index is 12.6. The maximum atomic E-state index is 12.6. The summed E-state index contributed by atoms with van der Waals surface area (Å²) < 4.78 is 1.94. The van der Waals surface area contributed by atoms with E-state index in [2.05, 4.69) is 28.2 Å². The van der Waals surface area contributed by atoms with Gasteiger partial charge < -0.3 is 5.32 Å². The van der Waals surface area contributed by atoms with Gasteiger partial charge in [-0.25, -0.2) is 0 Å². The van der Waals surface area contributed by atoms with Gasteiger partial charge in [0.2, 0.25) is 5.91 Å². The van der Waals surface area contributed by atoms with Crippen LogP contribution in [0.3, 0.4) is 0 Å². The van der Waals surface area contributed by atoms with Crippen molar-refractivity contribution >= 4 is 23.4 Å². The van der Waals surface area contributed by atoms with E-state index in [1.807, 2.05) is 41.8 Å². The third kappa shape index (κ3) is 4.48. The van der Waals surface area contributed by atoms with Gasteiger partial charge in [0, 0.05) is 17.8 Å². The van der Waals surface area contributed by atoms with Crippen LogP contribution in [0.15, 0.2) is 72.4 Å². The third-order valence-electron chi connectivity index (χ3n) is 3.97. The van der Waals surface area contributed by atoms with Crippen molar-refractivity contribution in [2.24, 2.45) is 0 Å². The lowest BCUT2D eigenvalue weighted by Gasteiger charge is -2.13. The number of carbonyl (C=O) groups is 1. The highest BCUT2D eigenvalue weighted by atomic mass is 32.2. The lowest BCUT2D eigenvalue weighted by atomic mass is 10.2. The summed E-state index contributed by atoms with van der Waals surface area (Å²) in [4.78, 5) is 12.6. The normalized spacial score (nSPS) is 11.4. The van der Waals surface area contributed by atoms with Gasteiger partial charge in [-0.05, 0) is 25.1 Å². The first-order chi connectivity index (χ1) is 13.6. The largest absolute Gasteiger partial charge is 0.325 e. The fourth-order valence-electron chi connectivity index (χ4n) is 2.59. The number of nitriles is 1. The topological polar surface area (TPSA) is 83.6 Å². The number of nitrogens with zero attached hydrogens (tertiary/aromatic N) is 4. The first-order valence-electron chi connectivity index (χ1n) is 8.69. The van der Waals surface area contributed by atoms with E-state index in [9.17, 15) is 4.79 Å². The van der Waals surface area contributed by atoms with Crippen molar-refractivity contribution in [3.05, 3.63) is 72.8 Å². The molecule has 2 aromatic carbocycles. The van der Waals surface area contributed by atoms with E-state index in [4.69, 9.17) is 5.26 Å². The second-order valence-electron chi connectivity index (χ2n) is 6.01. The van der Waals surface area contributed by atoms with Crippen LogP contribution in [-0.4, -0.2) is 25.9 Å². The SMILES string of the molecule is C=CCn1c(SC(C)C(=O)Nc2cccc(C#N)c2)nnc1-c1ccccc1. The third-order valence-corrected chi connectivity index (χ3v) is 5.05. The fourth-order valence-corrected chi connectivity index (χ4v) is 3.45. The number of rotatable bonds is 7. The van der Waals surface area contributed by atoms with Crippen molar-refractivity contribution in [2.45, 2.75) is 23.9 Å². The van der Waals surface area contributed by atoms with Crippen LogP contribution in [0.5, 0.6) is 0 Å². The summed E-state index contributed by atoms with van der Waals surface area (Å²) in [6.07, 6.45) is 1.78. The Hall–Kier alpha value is -3.37. The zero-order valence-electron chi connectivity index (χ0n) is 15.4. The number of anilines is 1. The average Bonchev–Trinajstić information content (AvgIpc) is 3.11. The van der Waals surface area contributed by atoms with Gasteiger partial charge in [-0.1, -0.05) is 54.2 Å². The lowest BCUT2D eigenvalue weighted by molar-refractivity contribution is -0.115. The van der Waals surface area contributed by atoms with E-state index in [-0.39, 0.29) is 5.91 Å². The molecule has 0 fully saturated rings. The minimum Gasteiger partial charge on any atom is -0.325 e. The van der Waals surface area contributed by atoms with Gasteiger partial charge >= 0.3 is 0 Å². The first kappa shape index (κ1) is 19.4. The molecular weight excluding hydrogens is 370 g/mol. The molecule has 7 heteroatoms. The molecular formula is C21H19N5OS. The highest BCUT2D eigenvalue weighted by molar-refractivity contribution is 8.00. The van der Waals surface area contributed by atoms with Crippen LogP contribution in [0.25, 0.3) is 11.4 Å². The molecule has 0 spiro atoms. The number of aromatic nitrogens is 3. The molecule has 1 unspecified atom stereocenters. The Bertz CT molecular complexity index is 1020. The number of amides is 1. The number of benzene rings is 2. The van der Waals surface area contributed by atoms with Gasteiger partial charge in [0.15, 0.2) is 11.0 Å². The van der Waals surface area contributed by atoms with Crippen LogP contribution in [-0.2, 0) is 11.3 Å². The lowest BCUT2D eigenvalue weighted by Crippen LogP contribution is -2.23. The van der Waals surface area contributed by atoms with Crippen molar-refractivity contribution in [1.29, 1.82) is 5.26 Å². The highest BCUT2D eigenvalue weighted by Crippen LogP contribution is 2.27. The summed E-state index contributed by atoms with van der Waals surface area (Å²) in [5.74, 6) is 0.562. The minimum absolute atomic E-state index is 0.172.